The van der Waals surface area contributed by atoms with Crippen molar-refractivity contribution in [2.24, 2.45) is 0 Å². The molecule has 1 aliphatic heterocycles. The summed E-state index contributed by atoms with van der Waals surface area (Å²) in [6.45, 7) is 11.5. The molecule has 0 saturated carbocycles. The number of nitriles is 1. The predicted molar refractivity (Wildman–Crippen MR) is 122 cm³/mol. The van der Waals surface area contributed by atoms with Crippen LogP contribution in [0.3, 0.4) is 0 Å². The number of rotatable bonds is 9. The van der Waals surface area contributed by atoms with Crippen molar-refractivity contribution in [2.45, 2.75) is 88.7 Å². The number of amides is 1. The number of carbonyl (C=O) groups is 1. The maximum Gasteiger partial charge on any atom is 0.254 e. The highest BCUT2D eigenvalue weighted by Gasteiger charge is 2.41. The molecule has 1 aliphatic rings. The van der Waals surface area contributed by atoms with Crippen LogP contribution in [-0.2, 0) is 10.0 Å². The van der Waals surface area contributed by atoms with Crippen LogP contribution in [0.5, 0.6) is 0 Å². The van der Waals surface area contributed by atoms with Crippen molar-refractivity contribution in [1.29, 1.82) is 5.26 Å². The molecule has 0 unspecified atom stereocenters. The number of unbranched alkanes of at least 4 members (excludes halogenated alkanes) is 1. The topological polar surface area (TPSA) is 102 Å². The lowest BCUT2D eigenvalue weighted by atomic mass is 9.78. The lowest BCUT2D eigenvalue weighted by molar-refractivity contribution is 0.0441. The van der Waals surface area contributed by atoms with Crippen molar-refractivity contribution in [3.05, 3.63) is 29.8 Å². The zero-order chi connectivity index (χ0) is 23.3. The summed E-state index contributed by atoms with van der Waals surface area (Å²) in [6.07, 6.45) is 3.74. The Hall–Kier alpha value is -1.95. The van der Waals surface area contributed by atoms with Crippen LogP contribution in [0.2, 0.25) is 0 Å². The molecule has 8 heteroatoms. The second kappa shape index (κ2) is 10.1. The van der Waals surface area contributed by atoms with Gasteiger partial charge in [0.1, 0.15) is 0 Å². The third-order valence-corrected chi connectivity index (χ3v) is 7.04. The molecule has 2 N–H and O–H groups in total. The fraction of sp³-hybridized carbons (Fsp3) is 0.652. The molecular weight excluding hydrogens is 412 g/mol. The van der Waals surface area contributed by atoms with Crippen LogP contribution >= 0.6 is 0 Å². The molecule has 1 aromatic carbocycles. The SMILES string of the molecule is CCCCN(C(=O)c1ccc(S(=O)(=O)NCCC#N)cc1)C1CC(C)(C)NC(C)(C)C1. The summed E-state index contributed by atoms with van der Waals surface area (Å²) in [7, 11) is -3.69. The molecule has 0 atom stereocenters. The first-order valence-electron chi connectivity index (χ1n) is 11.0. The van der Waals surface area contributed by atoms with Gasteiger partial charge in [-0.15, -0.1) is 0 Å². The number of sulfonamides is 1. The highest BCUT2D eigenvalue weighted by Crippen LogP contribution is 2.32. The van der Waals surface area contributed by atoms with Gasteiger partial charge in [0.25, 0.3) is 5.91 Å². The van der Waals surface area contributed by atoms with E-state index < -0.39 is 10.0 Å². The zero-order valence-corrected chi connectivity index (χ0v) is 20.2. The average molecular weight is 449 g/mol. The van der Waals surface area contributed by atoms with Gasteiger partial charge in [-0.3, -0.25) is 4.79 Å². The van der Waals surface area contributed by atoms with E-state index >= 15 is 0 Å². The second-order valence-electron chi connectivity index (χ2n) is 9.64. The van der Waals surface area contributed by atoms with Crippen LogP contribution in [0.25, 0.3) is 0 Å². The van der Waals surface area contributed by atoms with Crippen molar-refractivity contribution < 1.29 is 13.2 Å². The Bertz CT molecular complexity index is 886. The van der Waals surface area contributed by atoms with Crippen LogP contribution < -0.4 is 10.0 Å². The van der Waals surface area contributed by atoms with Gasteiger partial charge in [-0.05, 0) is 71.2 Å². The average Bonchev–Trinajstić information content (AvgIpc) is 2.66. The molecule has 2 rings (SSSR count). The van der Waals surface area contributed by atoms with Crippen molar-refractivity contribution >= 4 is 15.9 Å². The Balaban J connectivity index is 2.24. The minimum atomic E-state index is -3.69. The fourth-order valence-electron chi connectivity index (χ4n) is 4.53. The molecule has 0 radical (unpaired) electrons. The van der Waals surface area contributed by atoms with E-state index in [1.807, 2.05) is 11.0 Å². The van der Waals surface area contributed by atoms with E-state index in [0.29, 0.717) is 12.1 Å². The number of benzene rings is 1. The molecule has 1 fully saturated rings. The van der Waals surface area contributed by atoms with Crippen LogP contribution in [0.4, 0.5) is 0 Å². The Labute approximate surface area is 187 Å². The van der Waals surface area contributed by atoms with E-state index in [4.69, 9.17) is 5.26 Å². The highest BCUT2D eigenvalue weighted by molar-refractivity contribution is 7.89. The lowest BCUT2D eigenvalue weighted by Crippen LogP contribution is -2.62. The van der Waals surface area contributed by atoms with E-state index in [1.165, 1.54) is 12.1 Å². The standard InChI is InChI=1S/C23H36N4O3S/c1-6-7-15-27(19-16-22(2,3)26-23(4,5)17-19)21(28)18-9-11-20(12-10-18)31(29,30)25-14-8-13-24/h9-12,19,25-26H,6-8,14-17H2,1-5H3. The number of nitrogens with zero attached hydrogens (tertiary/aromatic N) is 2. The van der Waals surface area contributed by atoms with Gasteiger partial charge in [0.15, 0.2) is 0 Å². The number of hydrogen-bond acceptors (Lipinski definition) is 5. The largest absolute Gasteiger partial charge is 0.336 e. The summed E-state index contributed by atoms with van der Waals surface area (Å²) in [5.74, 6) is -0.0617. The van der Waals surface area contributed by atoms with Crippen molar-refractivity contribution in [1.82, 2.24) is 14.9 Å². The third kappa shape index (κ3) is 7.03. The molecule has 0 bridgehead atoms. The van der Waals surface area contributed by atoms with E-state index in [2.05, 4.69) is 44.7 Å². The van der Waals surface area contributed by atoms with Gasteiger partial charge < -0.3 is 10.2 Å². The fourth-order valence-corrected chi connectivity index (χ4v) is 5.57. The number of piperidine rings is 1. The van der Waals surface area contributed by atoms with E-state index in [1.54, 1.807) is 12.1 Å². The molecule has 0 spiro atoms. The Kier molecular flexibility index (Phi) is 8.26. The van der Waals surface area contributed by atoms with Crippen LogP contribution in [0.1, 0.15) is 77.1 Å². The maximum absolute atomic E-state index is 13.4. The quantitative estimate of drug-likeness (QED) is 0.564. The highest BCUT2D eigenvalue weighted by atomic mass is 32.2. The maximum atomic E-state index is 13.4. The van der Waals surface area contributed by atoms with Crippen molar-refractivity contribution in [3.8, 4) is 6.07 Å². The van der Waals surface area contributed by atoms with Crippen molar-refractivity contribution in [2.75, 3.05) is 13.1 Å². The Morgan fingerprint density at radius 3 is 2.29 bits per heavy atom. The normalized spacial score (nSPS) is 18.3. The van der Waals surface area contributed by atoms with Crippen molar-refractivity contribution in [3.63, 3.8) is 0 Å². The molecule has 172 valence electrons. The summed E-state index contributed by atoms with van der Waals surface area (Å²) in [5, 5.41) is 12.3. The number of nitrogens with one attached hydrogen (secondary N) is 2. The Morgan fingerprint density at radius 1 is 1.19 bits per heavy atom. The summed E-state index contributed by atoms with van der Waals surface area (Å²) < 4.78 is 27.1. The summed E-state index contributed by atoms with van der Waals surface area (Å²) in [4.78, 5) is 15.5. The Morgan fingerprint density at radius 2 is 1.77 bits per heavy atom. The predicted octanol–water partition coefficient (Wildman–Crippen LogP) is 3.43. The molecule has 1 saturated heterocycles. The molecule has 1 amide bonds. The molecule has 0 aromatic heterocycles. The molecule has 1 aromatic rings. The van der Waals surface area contributed by atoms with Crippen LogP contribution in [0, 0.1) is 11.3 Å². The molecule has 0 aliphatic carbocycles. The molecular formula is C23H36N4O3S. The summed E-state index contributed by atoms with van der Waals surface area (Å²) >= 11 is 0. The monoisotopic (exact) mass is 448 g/mol. The van der Waals surface area contributed by atoms with Gasteiger partial charge in [0.2, 0.25) is 10.0 Å². The van der Waals surface area contributed by atoms with E-state index in [0.717, 1.165) is 25.7 Å². The van der Waals surface area contributed by atoms with Gasteiger partial charge in [0.05, 0.1) is 11.0 Å². The van der Waals surface area contributed by atoms with Gasteiger partial charge in [0, 0.05) is 42.2 Å². The zero-order valence-electron chi connectivity index (χ0n) is 19.4. The summed E-state index contributed by atoms with van der Waals surface area (Å²) in [6, 6.07) is 8.09. The van der Waals surface area contributed by atoms with Gasteiger partial charge in [-0.1, -0.05) is 13.3 Å². The number of carbonyl (C=O) groups excluding carboxylic acids is 1. The first-order chi connectivity index (χ1) is 14.4. The lowest BCUT2D eigenvalue weighted by Gasteiger charge is -2.49. The first-order valence-corrected chi connectivity index (χ1v) is 12.5. The van der Waals surface area contributed by atoms with Gasteiger partial charge >= 0.3 is 0 Å². The van der Waals surface area contributed by atoms with Crippen LogP contribution in [-0.4, -0.2) is 49.4 Å². The van der Waals surface area contributed by atoms with Gasteiger partial charge in [-0.25, -0.2) is 13.1 Å². The molecule has 7 nitrogen and oxygen atoms in total. The van der Waals surface area contributed by atoms with E-state index in [-0.39, 0.29) is 40.9 Å². The summed E-state index contributed by atoms with van der Waals surface area (Å²) in [5.41, 5.74) is 0.329. The first kappa shape index (κ1) is 25.3. The smallest absolute Gasteiger partial charge is 0.254 e. The minimum absolute atomic E-state index is 0.0611. The molecule has 1 heterocycles. The van der Waals surface area contributed by atoms with Gasteiger partial charge in [-0.2, -0.15) is 5.26 Å². The van der Waals surface area contributed by atoms with E-state index in [9.17, 15) is 13.2 Å². The molecule has 31 heavy (non-hydrogen) atoms. The third-order valence-electron chi connectivity index (χ3n) is 5.56. The van der Waals surface area contributed by atoms with Crippen LogP contribution in [0.15, 0.2) is 29.2 Å². The minimum Gasteiger partial charge on any atom is -0.336 e. The number of hydrogen-bond donors (Lipinski definition) is 2. The second-order valence-corrected chi connectivity index (χ2v) is 11.4.